The van der Waals surface area contributed by atoms with Gasteiger partial charge in [0, 0.05) is 24.6 Å². The molecular formula is C19H25N3O. The number of hydrogen-bond donors (Lipinski definition) is 0. The molecular weight excluding hydrogens is 286 g/mol. The number of fused-ring (bicyclic) bond motifs is 2. The van der Waals surface area contributed by atoms with Gasteiger partial charge in [0.15, 0.2) is 0 Å². The lowest BCUT2D eigenvalue weighted by atomic mass is 9.87. The SMILES string of the molecule is C.c1ccc(-c2cncc(O[C@@H]3CCN4CCCC3C4)n2)cc1. The minimum absolute atomic E-state index is 0. The standard InChI is InChI=1S/C18H21N3O.CH4/c1-2-5-14(6-3-1)16-11-19-12-18(20-16)22-17-8-10-21-9-4-7-15(17)13-21;/h1-3,5-6,11-12,15,17H,4,7-10,13H2;1H4/t15?,17-;/m1./s1. The first-order chi connectivity index (χ1) is 10.9. The fourth-order valence-corrected chi connectivity index (χ4v) is 3.61. The van der Waals surface area contributed by atoms with Gasteiger partial charge in [-0.15, -0.1) is 0 Å². The largest absolute Gasteiger partial charge is 0.473 e. The number of ether oxygens (including phenoxy) is 1. The van der Waals surface area contributed by atoms with Crippen LogP contribution in [0.5, 0.6) is 5.88 Å². The summed E-state index contributed by atoms with van der Waals surface area (Å²) in [5, 5.41) is 0. The van der Waals surface area contributed by atoms with Crippen LogP contribution < -0.4 is 4.74 Å². The Kier molecular flexibility index (Phi) is 4.91. The highest BCUT2D eigenvalue weighted by atomic mass is 16.5. The zero-order valence-electron chi connectivity index (χ0n) is 12.7. The Labute approximate surface area is 138 Å². The molecule has 3 heterocycles. The van der Waals surface area contributed by atoms with Crippen molar-refractivity contribution in [1.29, 1.82) is 0 Å². The van der Waals surface area contributed by atoms with Crippen LogP contribution in [0.15, 0.2) is 42.7 Å². The average molecular weight is 311 g/mol. The van der Waals surface area contributed by atoms with Crippen LogP contribution in [-0.4, -0.2) is 40.6 Å². The summed E-state index contributed by atoms with van der Waals surface area (Å²) in [6, 6.07) is 10.1. The van der Waals surface area contributed by atoms with E-state index in [1.54, 1.807) is 12.4 Å². The van der Waals surface area contributed by atoms with E-state index in [0.717, 1.165) is 24.2 Å². The molecule has 3 atom stereocenters. The lowest BCUT2D eigenvalue weighted by Gasteiger charge is -2.42. The first kappa shape index (κ1) is 15.9. The molecule has 2 aliphatic heterocycles. The van der Waals surface area contributed by atoms with Crippen molar-refractivity contribution < 1.29 is 4.74 Å². The monoisotopic (exact) mass is 311 g/mol. The fraction of sp³-hybridized carbons (Fsp3) is 0.474. The highest BCUT2D eigenvalue weighted by molar-refractivity contribution is 5.57. The maximum absolute atomic E-state index is 6.20. The maximum Gasteiger partial charge on any atom is 0.233 e. The van der Waals surface area contributed by atoms with Gasteiger partial charge < -0.3 is 9.64 Å². The Bertz CT molecular complexity index is 632. The Hall–Kier alpha value is -1.94. The number of hydrogen-bond acceptors (Lipinski definition) is 4. The molecule has 4 rings (SSSR count). The summed E-state index contributed by atoms with van der Waals surface area (Å²) in [6.45, 7) is 3.58. The van der Waals surface area contributed by atoms with Crippen molar-refractivity contribution in [2.45, 2.75) is 32.8 Å². The Morgan fingerprint density at radius 2 is 1.91 bits per heavy atom. The van der Waals surface area contributed by atoms with Gasteiger partial charge in [0.25, 0.3) is 0 Å². The van der Waals surface area contributed by atoms with Crippen LogP contribution in [0.25, 0.3) is 11.3 Å². The second kappa shape index (κ2) is 7.09. The highest BCUT2D eigenvalue weighted by Gasteiger charge is 2.33. The summed E-state index contributed by atoms with van der Waals surface area (Å²) in [5.74, 6) is 1.30. The summed E-state index contributed by atoms with van der Waals surface area (Å²) in [7, 11) is 0. The van der Waals surface area contributed by atoms with E-state index in [0.29, 0.717) is 11.8 Å². The molecule has 4 nitrogen and oxygen atoms in total. The summed E-state index contributed by atoms with van der Waals surface area (Å²) in [5.41, 5.74) is 1.95. The molecule has 2 fully saturated rings. The third-order valence-electron chi connectivity index (χ3n) is 4.75. The molecule has 2 aliphatic rings. The van der Waals surface area contributed by atoms with E-state index in [-0.39, 0.29) is 13.5 Å². The second-order valence-electron chi connectivity index (χ2n) is 6.26. The smallest absolute Gasteiger partial charge is 0.233 e. The van der Waals surface area contributed by atoms with Crippen LogP contribution in [0.1, 0.15) is 26.7 Å². The molecule has 1 aromatic heterocycles. The van der Waals surface area contributed by atoms with Crippen LogP contribution in [0.3, 0.4) is 0 Å². The zero-order chi connectivity index (χ0) is 14.8. The molecule has 4 heteroatoms. The molecule has 2 saturated heterocycles. The van der Waals surface area contributed by atoms with Gasteiger partial charge in [0.2, 0.25) is 5.88 Å². The van der Waals surface area contributed by atoms with Gasteiger partial charge in [-0.05, 0) is 25.8 Å². The summed E-state index contributed by atoms with van der Waals surface area (Å²) >= 11 is 0. The van der Waals surface area contributed by atoms with Crippen molar-refractivity contribution in [2.24, 2.45) is 5.92 Å². The lowest BCUT2D eigenvalue weighted by Crippen LogP contribution is -2.49. The number of benzene rings is 1. The topological polar surface area (TPSA) is 38.2 Å². The predicted octanol–water partition coefficient (Wildman–Crippen LogP) is 3.64. The molecule has 2 bridgehead atoms. The number of nitrogens with zero attached hydrogens (tertiary/aromatic N) is 3. The van der Waals surface area contributed by atoms with Gasteiger partial charge in [0.1, 0.15) is 6.10 Å². The molecule has 0 aliphatic carbocycles. The summed E-state index contributed by atoms with van der Waals surface area (Å²) in [4.78, 5) is 11.5. The average Bonchev–Trinajstić information content (AvgIpc) is 2.59. The molecule has 0 spiro atoms. The Morgan fingerprint density at radius 1 is 1.04 bits per heavy atom. The van der Waals surface area contributed by atoms with Crippen LogP contribution >= 0.6 is 0 Å². The Morgan fingerprint density at radius 3 is 2.78 bits per heavy atom. The van der Waals surface area contributed by atoms with E-state index in [4.69, 9.17) is 4.74 Å². The number of rotatable bonds is 3. The molecule has 0 amide bonds. The predicted molar refractivity (Wildman–Crippen MR) is 92.4 cm³/mol. The summed E-state index contributed by atoms with van der Waals surface area (Å²) in [6.07, 6.45) is 7.49. The lowest BCUT2D eigenvalue weighted by molar-refractivity contribution is 0.0127. The molecule has 0 saturated carbocycles. The normalized spacial score (nSPS) is 26.2. The van der Waals surface area contributed by atoms with Gasteiger partial charge >= 0.3 is 0 Å². The molecule has 2 aromatic rings. The highest BCUT2D eigenvalue weighted by Crippen LogP contribution is 2.29. The summed E-state index contributed by atoms with van der Waals surface area (Å²) < 4.78 is 6.20. The molecule has 0 N–H and O–H groups in total. The van der Waals surface area contributed by atoms with Crippen molar-refractivity contribution in [3.63, 3.8) is 0 Å². The van der Waals surface area contributed by atoms with Crippen molar-refractivity contribution in [1.82, 2.24) is 14.9 Å². The molecule has 1 aromatic carbocycles. The van der Waals surface area contributed by atoms with Crippen LogP contribution in [0.2, 0.25) is 0 Å². The van der Waals surface area contributed by atoms with Crippen molar-refractivity contribution in [3.05, 3.63) is 42.7 Å². The minimum Gasteiger partial charge on any atom is -0.473 e. The van der Waals surface area contributed by atoms with Gasteiger partial charge in [0.05, 0.1) is 18.1 Å². The van der Waals surface area contributed by atoms with Gasteiger partial charge in [-0.2, -0.15) is 0 Å². The van der Waals surface area contributed by atoms with E-state index in [1.807, 2.05) is 30.3 Å². The van der Waals surface area contributed by atoms with Gasteiger partial charge in [-0.25, -0.2) is 4.98 Å². The third-order valence-corrected chi connectivity index (χ3v) is 4.75. The van der Waals surface area contributed by atoms with Crippen LogP contribution in [0, 0.1) is 5.92 Å². The van der Waals surface area contributed by atoms with Gasteiger partial charge in [-0.3, -0.25) is 4.98 Å². The molecule has 0 radical (unpaired) electrons. The quantitative estimate of drug-likeness (QED) is 0.867. The van der Waals surface area contributed by atoms with Crippen molar-refractivity contribution in [3.8, 4) is 17.1 Å². The van der Waals surface area contributed by atoms with E-state index in [9.17, 15) is 0 Å². The fourth-order valence-electron chi connectivity index (χ4n) is 3.61. The van der Waals surface area contributed by atoms with Crippen molar-refractivity contribution >= 4 is 0 Å². The first-order valence-corrected chi connectivity index (χ1v) is 8.15. The third kappa shape index (κ3) is 3.53. The minimum atomic E-state index is 0. The van der Waals surface area contributed by atoms with Crippen LogP contribution in [0.4, 0.5) is 0 Å². The van der Waals surface area contributed by atoms with E-state index < -0.39 is 0 Å². The molecule has 23 heavy (non-hydrogen) atoms. The number of aromatic nitrogens is 2. The zero-order valence-corrected chi connectivity index (χ0v) is 12.7. The van der Waals surface area contributed by atoms with Crippen molar-refractivity contribution in [2.75, 3.05) is 19.6 Å². The van der Waals surface area contributed by atoms with E-state index >= 15 is 0 Å². The first-order valence-electron chi connectivity index (χ1n) is 8.15. The Balaban J connectivity index is 0.00000156. The van der Waals surface area contributed by atoms with E-state index in [2.05, 4.69) is 14.9 Å². The second-order valence-corrected chi connectivity index (χ2v) is 6.26. The van der Waals surface area contributed by atoms with E-state index in [1.165, 1.54) is 25.9 Å². The van der Waals surface area contributed by atoms with Crippen LogP contribution in [-0.2, 0) is 0 Å². The number of piperidine rings is 2. The maximum atomic E-state index is 6.20. The van der Waals surface area contributed by atoms with Gasteiger partial charge in [-0.1, -0.05) is 37.8 Å². The molecule has 122 valence electrons. The molecule has 2 unspecified atom stereocenters.